The van der Waals surface area contributed by atoms with Gasteiger partial charge in [-0.05, 0) is 32.1 Å². The van der Waals surface area contributed by atoms with Gasteiger partial charge in [0.05, 0.1) is 5.41 Å². The summed E-state index contributed by atoms with van der Waals surface area (Å²) < 4.78 is 0. The third-order valence-corrected chi connectivity index (χ3v) is 4.35. The van der Waals surface area contributed by atoms with Gasteiger partial charge in [0.25, 0.3) is 0 Å². The second-order valence-corrected chi connectivity index (χ2v) is 5.56. The molecule has 0 bridgehead atoms. The highest BCUT2D eigenvalue weighted by molar-refractivity contribution is 5.77. The van der Waals surface area contributed by atoms with Crippen molar-refractivity contribution in [2.24, 2.45) is 5.41 Å². The summed E-state index contributed by atoms with van der Waals surface area (Å²) in [6.07, 6.45) is 5.38. The minimum absolute atomic E-state index is 0.00385. The summed E-state index contributed by atoms with van der Waals surface area (Å²) in [7, 11) is 1.80. The molecular formula is C15H26N2O3. The number of unbranched alkanes of at least 4 members (excludes halogenated alkanes) is 1. The van der Waals surface area contributed by atoms with Crippen molar-refractivity contribution in [1.82, 2.24) is 9.80 Å². The average Bonchev–Trinajstić information content (AvgIpc) is 2.46. The summed E-state index contributed by atoms with van der Waals surface area (Å²) in [6, 6.07) is 0.00385. The second-order valence-electron chi connectivity index (χ2n) is 5.56. The van der Waals surface area contributed by atoms with Gasteiger partial charge in [-0.15, -0.1) is 6.58 Å². The number of piperidine rings is 1. The van der Waals surface area contributed by atoms with Gasteiger partial charge in [-0.2, -0.15) is 0 Å². The molecule has 1 fully saturated rings. The van der Waals surface area contributed by atoms with Crippen molar-refractivity contribution in [2.75, 3.05) is 26.7 Å². The largest absolute Gasteiger partial charge is 0.481 e. The molecule has 0 unspecified atom stereocenters. The maximum absolute atomic E-state index is 12.2. The maximum Gasteiger partial charge on any atom is 0.319 e. The van der Waals surface area contributed by atoms with E-state index in [1.54, 1.807) is 16.8 Å². The molecule has 114 valence electrons. The van der Waals surface area contributed by atoms with E-state index in [-0.39, 0.29) is 6.03 Å². The predicted octanol–water partition coefficient (Wildman–Crippen LogP) is 2.58. The minimum atomic E-state index is -0.730. The van der Waals surface area contributed by atoms with Crippen molar-refractivity contribution in [3.8, 4) is 0 Å². The SMILES string of the molecule is C=CCCCN(C)C(=O)N1CCC(CC)(C(=O)O)CC1. The minimum Gasteiger partial charge on any atom is -0.481 e. The average molecular weight is 282 g/mol. The molecule has 0 aromatic carbocycles. The molecule has 1 heterocycles. The molecule has 1 aliphatic rings. The third-order valence-electron chi connectivity index (χ3n) is 4.35. The Morgan fingerprint density at radius 3 is 2.45 bits per heavy atom. The summed E-state index contributed by atoms with van der Waals surface area (Å²) in [5.41, 5.74) is -0.641. The molecule has 0 saturated carbocycles. The molecular weight excluding hydrogens is 256 g/mol. The number of urea groups is 1. The molecule has 0 aromatic rings. The molecule has 20 heavy (non-hydrogen) atoms. The van der Waals surface area contributed by atoms with Gasteiger partial charge in [-0.1, -0.05) is 13.0 Å². The van der Waals surface area contributed by atoms with Gasteiger partial charge >= 0.3 is 12.0 Å². The zero-order valence-electron chi connectivity index (χ0n) is 12.6. The summed E-state index contributed by atoms with van der Waals surface area (Å²) in [5, 5.41) is 9.34. The number of aliphatic carboxylic acids is 1. The number of hydrogen-bond donors (Lipinski definition) is 1. The second kappa shape index (κ2) is 7.31. The van der Waals surface area contributed by atoms with Crippen LogP contribution in [-0.4, -0.2) is 53.6 Å². The van der Waals surface area contributed by atoms with Crippen molar-refractivity contribution >= 4 is 12.0 Å². The van der Waals surface area contributed by atoms with Gasteiger partial charge < -0.3 is 14.9 Å². The number of carboxylic acids is 1. The Morgan fingerprint density at radius 2 is 2.00 bits per heavy atom. The van der Waals surface area contributed by atoms with E-state index in [2.05, 4.69) is 6.58 Å². The monoisotopic (exact) mass is 282 g/mol. The van der Waals surface area contributed by atoms with E-state index in [0.717, 1.165) is 12.8 Å². The van der Waals surface area contributed by atoms with Gasteiger partial charge in [-0.3, -0.25) is 4.79 Å². The number of rotatable bonds is 6. The van der Waals surface area contributed by atoms with Crippen LogP contribution < -0.4 is 0 Å². The molecule has 0 aliphatic carbocycles. The van der Waals surface area contributed by atoms with Crippen LogP contribution in [0.3, 0.4) is 0 Å². The van der Waals surface area contributed by atoms with E-state index in [1.165, 1.54) is 0 Å². The van der Waals surface area contributed by atoms with E-state index in [0.29, 0.717) is 38.9 Å². The van der Waals surface area contributed by atoms with Gasteiger partial charge in [0, 0.05) is 26.7 Å². The maximum atomic E-state index is 12.2. The highest BCUT2D eigenvalue weighted by Gasteiger charge is 2.41. The number of carbonyl (C=O) groups excluding carboxylic acids is 1. The van der Waals surface area contributed by atoms with E-state index < -0.39 is 11.4 Å². The summed E-state index contributed by atoms with van der Waals surface area (Å²) >= 11 is 0. The third kappa shape index (κ3) is 3.74. The van der Waals surface area contributed by atoms with E-state index in [4.69, 9.17) is 0 Å². The highest BCUT2D eigenvalue weighted by atomic mass is 16.4. The molecule has 0 radical (unpaired) electrons. The number of nitrogens with zero attached hydrogens (tertiary/aromatic N) is 2. The van der Waals surface area contributed by atoms with Crippen LogP contribution in [0.5, 0.6) is 0 Å². The molecule has 2 amide bonds. The number of carboxylic acid groups (broad SMARTS) is 1. The van der Waals surface area contributed by atoms with Crippen molar-refractivity contribution in [3.05, 3.63) is 12.7 Å². The number of allylic oxidation sites excluding steroid dienone is 1. The van der Waals surface area contributed by atoms with Crippen molar-refractivity contribution in [3.63, 3.8) is 0 Å². The smallest absolute Gasteiger partial charge is 0.319 e. The molecule has 1 aliphatic heterocycles. The molecule has 5 heteroatoms. The Hall–Kier alpha value is -1.52. The quantitative estimate of drug-likeness (QED) is 0.601. The molecule has 0 atom stereocenters. The van der Waals surface area contributed by atoms with Gasteiger partial charge in [0.1, 0.15) is 0 Å². The molecule has 1 rings (SSSR count). The molecule has 5 nitrogen and oxygen atoms in total. The fourth-order valence-electron chi connectivity index (χ4n) is 2.65. The fraction of sp³-hybridized carbons (Fsp3) is 0.733. The molecule has 1 N–H and O–H groups in total. The molecule has 0 spiro atoms. The van der Waals surface area contributed by atoms with Crippen LogP contribution in [0, 0.1) is 5.41 Å². The van der Waals surface area contributed by atoms with Crippen LogP contribution in [0.4, 0.5) is 4.79 Å². The van der Waals surface area contributed by atoms with Gasteiger partial charge in [0.2, 0.25) is 0 Å². The predicted molar refractivity (Wildman–Crippen MR) is 78.6 cm³/mol. The van der Waals surface area contributed by atoms with Crippen LogP contribution in [0.25, 0.3) is 0 Å². The topological polar surface area (TPSA) is 60.9 Å². The van der Waals surface area contributed by atoms with Crippen LogP contribution in [0.1, 0.15) is 39.0 Å². The first kappa shape index (κ1) is 16.5. The van der Waals surface area contributed by atoms with Crippen molar-refractivity contribution < 1.29 is 14.7 Å². The highest BCUT2D eigenvalue weighted by Crippen LogP contribution is 2.35. The lowest BCUT2D eigenvalue weighted by Crippen LogP contribution is -2.50. The number of carbonyl (C=O) groups is 2. The summed E-state index contributed by atoms with van der Waals surface area (Å²) in [5.74, 6) is -0.730. The zero-order valence-corrected chi connectivity index (χ0v) is 12.6. The Morgan fingerprint density at radius 1 is 1.40 bits per heavy atom. The standard InChI is InChI=1S/C15H26N2O3/c1-4-6-7-10-16(3)14(20)17-11-8-15(5-2,9-12-17)13(18)19/h4H,1,5-12H2,2-3H3,(H,18,19). The van der Waals surface area contributed by atoms with Gasteiger partial charge in [-0.25, -0.2) is 4.79 Å². The van der Waals surface area contributed by atoms with E-state index in [9.17, 15) is 14.7 Å². The molecule has 1 saturated heterocycles. The van der Waals surface area contributed by atoms with Crippen LogP contribution in [0.2, 0.25) is 0 Å². The Kier molecular flexibility index (Phi) is 6.05. The van der Waals surface area contributed by atoms with Crippen LogP contribution >= 0.6 is 0 Å². The lowest BCUT2D eigenvalue weighted by Gasteiger charge is -2.39. The number of hydrogen-bond acceptors (Lipinski definition) is 2. The van der Waals surface area contributed by atoms with Gasteiger partial charge in [0.15, 0.2) is 0 Å². The van der Waals surface area contributed by atoms with Crippen LogP contribution in [0.15, 0.2) is 12.7 Å². The molecule has 0 aromatic heterocycles. The number of likely N-dealkylation sites (tertiary alicyclic amines) is 1. The lowest BCUT2D eigenvalue weighted by atomic mass is 9.76. The summed E-state index contributed by atoms with van der Waals surface area (Å²) in [4.78, 5) is 27.1. The van der Waals surface area contributed by atoms with Crippen molar-refractivity contribution in [1.29, 1.82) is 0 Å². The van der Waals surface area contributed by atoms with Crippen molar-refractivity contribution in [2.45, 2.75) is 39.0 Å². The first-order valence-corrected chi connectivity index (χ1v) is 7.31. The Balaban J connectivity index is 2.50. The first-order valence-electron chi connectivity index (χ1n) is 7.31. The Labute approximate surface area is 121 Å². The lowest BCUT2D eigenvalue weighted by molar-refractivity contribution is -0.152. The Bertz CT molecular complexity index is 360. The normalized spacial score (nSPS) is 17.6. The zero-order chi connectivity index (χ0) is 15.2. The van der Waals surface area contributed by atoms with E-state index >= 15 is 0 Å². The summed E-state index contributed by atoms with van der Waals surface area (Å²) in [6.45, 7) is 7.35. The first-order chi connectivity index (χ1) is 9.46. The van der Waals surface area contributed by atoms with E-state index in [1.807, 2.05) is 13.0 Å². The number of amides is 2. The fourth-order valence-corrected chi connectivity index (χ4v) is 2.65. The van der Waals surface area contributed by atoms with Crippen LogP contribution in [-0.2, 0) is 4.79 Å².